The van der Waals surface area contributed by atoms with Crippen LogP contribution in [-0.4, -0.2) is 20.8 Å². The first-order valence-electron chi connectivity index (χ1n) is 6.38. The van der Waals surface area contributed by atoms with E-state index in [9.17, 15) is 9.90 Å². The lowest BCUT2D eigenvalue weighted by Crippen LogP contribution is -2.22. The maximum Gasteiger partial charge on any atom is 0.258 e. The zero-order valence-corrected chi connectivity index (χ0v) is 13.1. The van der Waals surface area contributed by atoms with Gasteiger partial charge in [0.05, 0.1) is 5.69 Å². The number of halogens is 2. The molecular formula is C14H15Cl2N3O2. The van der Waals surface area contributed by atoms with Crippen LogP contribution in [0.5, 0.6) is 0 Å². The number of hydrogen-bond donors (Lipinski definition) is 2. The van der Waals surface area contributed by atoms with Crippen molar-refractivity contribution in [3.8, 4) is 0 Å². The zero-order valence-electron chi connectivity index (χ0n) is 11.6. The molecule has 0 aliphatic rings. The number of anilines is 1. The topological polar surface area (TPSA) is 67.2 Å². The van der Waals surface area contributed by atoms with Crippen LogP contribution >= 0.6 is 23.2 Å². The van der Waals surface area contributed by atoms with Gasteiger partial charge in [-0.15, -0.1) is 0 Å². The number of aliphatic hydroxyl groups excluding tert-OH is 1. The summed E-state index contributed by atoms with van der Waals surface area (Å²) in [4.78, 5) is 12.1. The molecule has 1 unspecified atom stereocenters. The van der Waals surface area contributed by atoms with Crippen LogP contribution in [0.4, 0.5) is 5.82 Å². The monoisotopic (exact) mass is 327 g/mol. The maximum absolute atomic E-state index is 12.1. The second-order valence-corrected chi connectivity index (χ2v) is 5.47. The number of aromatic nitrogens is 2. The molecule has 1 aromatic heterocycles. The highest BCUT2D eigenvalue weighted by molar-refractivity contribution is 6.34. The summed E-state index contributed by atoms with van der Waals surface area (Å²) in [6, 6.07) is 6.29. The van der Waals surface area contributed by atoms with Gasteiger partial charge in [-0.05, 0) is 30.2 Å². The molecule has 0 fully saturated rings. The third-order valence-electron chi connectivity index (χ3n) is 2.99. The molecule has 7 heteroatoms. The van der Waals surface area contributed by atoms with Crippen LogP contribution in [0.1, 0.15) is 24.3 Å². The van der Waals surface area contributed by atoms with Crippen molar-refractivity contribution < 1.29 is 9.90 Å². The lowest BCUT2D eigenvalue weighted by molar-refractivity contribution is -0.124. The Hall–Kier alpha value is -1.56. The van der Waals surface area contributed by atoms with Gasteiger partial charge in [0.1, 0.15) is 5.82 Å². The van der Waals surface area contributed by atoms with Crippen molar-refractivity contribution >= 4 is 34.9 Å². The predicted molar refractivity (Wildman–Crippen MR) is 82.6 cm³/mol. The van der Waals surface area contributed by atoms with Gasteiger partial charge in [0, 0.05) is 23.2 Å². The molecule has 1 atom stereocenters. The summed E-state index contributed by atoms with van der Waals surface area (Å²) in [5, 5.41) is 17.7. The molecule has 2 N–H and O–H groups in total. The van der Waals surface area contributed by atoms with Gasteiger partial charge in [0.25, 0.3) is 5.91 Å². The van der Waals surface area contributed by atoms with Crippen molar-refractivity contribution in [3.63, 3.8) is 0 Å². The van der Waals surface area contributed by atoms with Gasteiger partial charge in [-0.1, -0.05) is 30.1 Å². The lowest BCUT2D eigenvalue weighted by atomic mass is 10.1. The van der Waals surface area contributed by atoms with E-state index in [-0.39, 0.29) is 0 Å². The van der Waals surface area contributed by atoms with E-state index in [0.29, 0.717) is 21.4 Å². The van der Waals surface area contributed by atoms with E-state index in [2.05, 4.69) is 10.4 Å². The van der Waals surface area contributed by atoms with E-state index in [1.54, 1.807) is 17.8 Å². The molecule has 21 heavy (non-hydrogen) atoms. The van der Waals surface area contributed by atoms with Gasteiger partial charge in [-0.25, -0.2) is 0 Å². The first-order valence-corrected chi connectivity index (χ1v) is 7.14. The van der Waals surface area contributed by atoms with Gasteiger partial charge >= 0.3 is 0 Å². The quantitative estimate of drug-likeness (QED) is 0.907. The van der Waals surface area contributed by atoms with E-state index >= 15 is 0 Å². The summed E-state index contributed by atoms with van der Waals surface area (Å²) < 4.78 is 1.55. The van der Waals surface area contributed by atoms with Crippen molar-refractivity contribution in [1.29, 1.82) is 0 Å². The molecular weight excluding hydrogens is 313 g/mol. The van der Waals surface area contributed by atoms with E-state index in [4.69, 9.17) is 23.2 Å². The van der Waals surface area contributed by atoms with Crippen LogP contribution in [0.3, 0.4) is 0 Å². The molecule has 1 heterocycles. The highest BCUT2D eigenvalue weighted by Crippen LogP contribution is 2.24. The number of amides is 1. The molecule has 2 aromatic rings. The molecule has 0 aliphatic heterocycles. The zero-order chi connectivity index (χ0) is 15.6. The van der Waals surface area contributed by atoms with Gasteiger partial charge in [-0.2, -0.15) is 5.10 Å². The number of nitrogens with one attached hydrogen (secondary N) is 1. The summed E-state index contributed by atoms with van der Waals surface area (Å²) in [6.07, 6.45) is -0.600. The van der Waals surface area contributed by atoms with Gasteiger partial charge in [0.2, 0.25) is 0 Å². The molecule has 0 bridgehead atoms. The number of rotatable bonds is 4. The fourth-order valence-electron chi connectivity index (χ4n) is 1.90. The molecule has 0 radical (unpaired) electrons. The van der Waals surface area contributed by atoms with Gasteiger partial charge in [0.15, 0.2) is 6.10 Å². The highest BCUT2D eigenvalue weighted by atomic mass is 35.5. The third kappa shape index (κ3) is 3.75. The minimum Gasteiger partial charge on any atom is -0.378 e. The number of carbonyl (C=O) groups is 1. The Bertz CT molecular complexity index is 650. The highest BCUT2D eigenvalue weighted by Gasteiger charge is 2.20. The standard InChI is InChI=1S/C14H15Cl2N3O2/c1-3-11-7-12(19(2)18-11)17-14(21)13(20)8-4-9(15)6-10(16)5-8/h4-7,13,20H,3H2,1-2H3,(H,17,21). The fraction of sp³-hybridized carbons (Fsp3) is 0.286. The summed E-state index contributed by atoms with van der Waals surface area (Å²) in [6.45, 7) is 1.97. The normalized spacial score (nSPS) is 12.2. The minimum atomic E-state index is -1.36. The molecule has 5 nitrogen and oxygen atoms in total. The van der Waals surface area contributed by atoms with E-state index < -0.39 is 12.0 Å². The van der Waals surface area contributed by atoms with Crippen LogP contribution in [0.2, 0.25) is 10.0 Å². The number of benzene rings is 1. The molecule has 112 valence electrons. The lowest BCUT2D eigenvalue weighted by Gasteiger charge is -2.12. The van der Waals surface area contributed by atoms with Crippen LogP contribution in [0.25, 0.3) is 0 Å². The van der Waals surface area contributed by atoms with Crippen LogP contribution in [0.15, 0.2) is 24.3 Å². The van der Waals surface area contributed by atoms with Crippen molar-refractivity contribution in [2.24, 2.45) is 7.05 Å². The Morgan fingerprint density at radius 1 is 1.33 bits per heavy atom. The van der Waals surface area contributed by atoms with Crippen molar-refractivity contribution in [3.05, 3.63) is 45.6 Å². The van der Waals surface area contributed by atoms with Gasteiger partial charge in [-0.3, -0.25) is 9.48 Å². The van der Waals surface area contributed by atoms with E-state index in [0.717, 1.165) is 12.1 Å². The Balaban J connectivity index is 2.17. The maximum atomic E-state index is 12.1. The van der Waals surface area contributed by atoms with Crippen molar-refractivity contribution in [2.75, 3.05) is 5.32 Å². The molecule has 0 aliphatic carbocycles. The van der Waals surface area contributed by atoms with Crippen LogP contribution in [0, 0.1) is 0 Å². The average Bonchev–Trinajstić information content (AvgIpc) is 2.77. The Labute approximate surface area is 132 Å². The Morgan fingerprint density at radius 2 is 1.95 bits per heavy atom. The third-order valence-corrected chi connectivity index (χ3v) is 3.43. The first-order chi connectivity index (χ1) is 9.90. The molecule has 2 rings (SSSR count). The predicted octanol–water partition coefficient (Wildman–Crippen LogP) is 2.96. The molecule has 1 amide bonds. The summed E-state index contributed by atoms with van der Waals surface area (Å²) in [5.41, 5.74) is 1.19. The fourth-order valence-corrected chi connectivity index (χ4v) is 2.44. The number of aliphatic hydroxyl groups is 1. The van der Waals surface area contributed by atoms with Gasteiger partial charge < -0.3 is 10.4 Å². The van der Waals surface area contributed by atoms with E-state index in [1.807, 2.05) is 6.92 Å². The molecule has 0 spiro atoms. The minimum absolute atomic E-state index is 0.336. The molecule has 0 saturated carbocycles. The smallest absolute Gasteiger partial charge is 0.258 e. The SMILES string of the molecule is CCc1cc(NC(=O)C(O)c2cc(Cl)cc(Cl)c2)n(C)n1. The van der Waals surface area contributed by atoms with Crippen molar-refractivity contribution in [2.45, 2.75) is 19.4 Å². The van der Waals surface area contributed by atoms with Crippen molar-refractivity contribution in [1.82, 2.24) is 9.78 Å². The largest absolute Gasteiger partial charge is 0.378 e. The molecule has 0 saturated heterocycles. The summed E-state index contributed by atoms with van der Waals surface area (Å²) in [5.74, 6) is -0.0528. The first kappa shape index (κ1) is 15.8. The summed E-state index contributed by atoms with van der Waals surface area (Å²) in [7, 11) is 1.72. The summed E-state index contributed by atoms with van der Waals surface area (Å²) >= 11 is 11.7. The second-order valence-electron chi connectivity index (χ2n) is 4.59. The number of carbonyl (C=O) groups excluding carboxylic acids is 1. The average molecular weight is 328 g/mol. The Kier molecular flexibility index (Phi) is 4.88. The van der Waals surface area contributed by atoms with Crippen LogP contribution in [-0.2, 0) is 18.3 Å². The molecule has 1 aromatic carbocycles. The second kappa shape index (κ2) is 6.47. The van der Waals surface area contributed by atoms with E-state index in [1.165, 1.54) is 18.2 Å². The van der Waals surface area contributed by atoms with Crippen LogP contribution < -0.4 is 5.32 Å². The number of nitrogens with zero attached hydrogens (tertiary/aromatic N) is 2. The Morgan fingerprint density at radius 3 is 2.48 bits per heavy atom. The number of hydrogen-bond acceptors (Lipinski definition) is 3. The number of aryl methyl sites for hydroxylation is 2.